The summed E-state index contributed by atoms with van der Waals surface area (Å²) in [5.41, 5.74) is 3.73. The lowest BCUT2D eigenvalue weighted by Crippen LogP contribution is -2.30. The molecular weight excluding hydrogens is 410 g/mol. The van der Waals surface area contributed by atoms with Gasteiger partial charge >= 0.3 is 5.97 Å². The summed E-state index contributed by atoms with van der Waals surface area (Å²) in [5.74, 6) is -0.0542. The molecule has 1 aromatic heterocycles. The molecule has 6 heteroatoms. The average molecular weight is 436 g/mol. The molecule has 3 aromatic rings. The van der Waals surface area contributed by atoms with Crippen molar-refractivity contribution in [1.82, 2.24) is 0 Å². The Labute approximate surface area is 186 Å². The van der Waals surface area contributed by atoms with E-state index in [0.29, 0.717) is 22.9 Å². The summed E-state index contributed by atoms with van der Waals surface area (Å²) in [5, 5.41) is 3.45. The summed E-state index contributed by atoms with van der Waals surface area (Å²) in [6.45, 7) is 3.78. The van der Waals surface area contributed by atoms with Gasteiger partial charge in [0, 0.05) is 4.88 Å². The molecule has 31 heavy (non-hydrogen) atoms. The van der Waals surface area contributed by atoms with Crippen molar-refractivity contribution in [3.8, 4) is 16.9 Å². The SMILES string of the molecule is CCOC(=O)c1c(NC(=O)C(C)Oc2ccc(-c3ccccc3)cc2)sc2c1CCC2. The van der Waals surface area contributed by atoms with Gasteiger partial charge in [-0.1, -0.05) is 42.5 Å². The largest absolute Gasteiger partial charge is 0.481 e. The van der Waals surface area contributed by atoms with Crippen molar-refractivity contribution < 1.29 is 19.1 Å². The Balaban J connectivity index is 1.44. The van der Waals surface area contributed by atoms with Crippen LogP contribution >= 0.6 is 11.3 Å². The maximum atomic E-state index is 12.8. The molecule has 0 spiro atoms. The molecule has 1 atom stereocenters. The Bertz CT molecular complexity index is 1070. The first kappa shape index (κ1) is 21.1. The molecule has 5 nitrogen and oxygen atoms in total. The highest BCUT2D eigenvalue weighted by Gasteiger charge is 2.29. The number of thiophene rings is 1. The number of hydrogen-bond donors (Lipinski definition) is 1. The number of aryl methyl sites for hydroxylation is 1. The van der Waals surface area contributed by atoms with E-state index in [2.05, 4.69) is 5.32 Å². The number of esters is 1. The highest BCUT2D eigenvalue weighted by molar-refractivity contribution is 7.17. The lowest BCUT2D eigenvalue weighted by molar-refractivity contribution is -0.122. The van der Waals surface area contributed by atoms with Crippen molar-refractivity contribution in [1.29, 1.82) is 0 Å². The molecule has 1 aliphatic carbocycles. The number of hydrogen-bond acceptors (Lipinski definition) is 5. The van der Waals surface area contributed by atoms with Gasteiger partial charge in [0.1, 0.15) is 10.8 Å². The maximum Gasteiger partial charge on any atom is 0.341 e. The molecule has 1 heterocycles. The smallest absolute Gasteiger partial charge is 0.341 e. The molecule has 0 saturated heterocycles. The molecule has 0 fully saturated rings. The zero-order valence-corrected chi connectivity index (χ0v) is 18.5. The highest BCUT2D eigenvalue weighted by atomic mass is 32.1. The first-order valence-electron chi connectivity index (χ1n) is 10.5. The summed E-state index contributed by atoms with van der Waals surface area (Å²) in [7, 11) is 0. The number of carbonyl (C=O) groups excluding carboxylic acids is 2. The molecule has 1 N–H and O–H groups in total. The first-order valence-corrected chi connectivity index (χ1v) is 11.3. The summed E-state index contributed by atoms with van der Waals surface area (Å²) in [4.78, 5) is 26.4. The Kier molecular flexibility index (Phi) is 6.37. The minimum Gasteiger partial charge on any atom is -0.481 e. The van der Waals surface area contributed by atoms with Gasteiger partial charge in [-0.25, -0.2) is 4.79 Å². The van der Waals surface area contributed by atoms with Gasteiger partial charge in [0.2, 0.25) is 0 Å². The predicted molar refractivity (Wildman–Crippen MR) is 123 cm³/mol. The van der Waals surface area contributed by atoms with E-state index in [9.17, 15) is 9.59 Å². The molecule has 0 aliphatic heterocycles. The van der Waals surface area contributed by atoms with Crippen LogP contribution in [0.4, 0.5) is 5.00 Å². The normalized spacial score (nSPS) is 13.4. The standard InChI is InChI=1S/C25H25NO4S/c1-3-29-25(28)22-20-10-7-11-21(20)31-24(22)26-23(27)16(2)30-19-14-12-18(13-15-19)17-8-5-4-6-9-17/h4-6,8-9,12-16H,3,7,10-11H2,1-2H3,(H,26,27). The number of carbonyl (C=O) groups is 2. The van der Waals surface area contributed by atoms with E-state index in [1.807, 2.05) is 54.6 Å². The summed E-state index contributed by atoms with van der Waals surface area (Å²) in [6, 6.07) is 17.7. The quantitative estimate of drug-likeness (QED) is 0.499. The number of fused-ring (bicyclic) bond motifs is 1. The monoisotopic (exact) mass is 435 g/mol. The van der Waals surface area contributed by atoms with Crippen molar-refractivity contribution in [2.45, 2.75) is 39.2 Å². The van der Waals surface area contributed by atoms with Crippen LogP contribution in [0.25, 0.3) is 11.1 Å². The van der Waals surface area contributed by atoms with E-state index >= 15 is 0 Å². The maximum absolute atomic E-state index is 12.8. The topological polar surface area (TPSA) is 64.6 Å². The van der Waals surface area contributed by atoms with Crippen LogP contribution in [0.2, 0.25) is 0 Å². The second-order valence-corrected chi connectivity index (χ2v) is 8.53. The van der Waals surface area contributed by atoms with Crippen LogP contribution in [0.3, 0.4) is 0 Å². The minimum absolute atomic E-state index is 0.294. The van der Waals surface area contributed by atoms with Gasteiger partial charge < -0.3 is 14.8 Å². The lowest BCUT2D eigenvalue weighted by Gasteiger charge is -2.15. The second kappa shape index (κ2) is 9.35. The van der Waals surface area contributed by atoms with Gasteiger partial charge in [-0.15, -0.1) is 11.3 Å². The first-order chi connectivity index (χ1) is 15.1. The third kappa shape index (κ3) is 4.64. The number of rotatable bonds is 7. The van der Waals surface area contributed by atoms with Crippen LogP contribution in [0.15, 0.2) is 54.6 Å². The third-order valence-corrected chi connectivity index (χ3v) is 6.49. The summed E-state index contributed by atoms with van der Waals surface area (Å²) >= 11 is 1.47. The van der Waals surface area contributed by atoms with E-state index in [1.165, 1.54) is 11.3 Å². The Morgan fingerprint density at radius 1 is 1.03 bits per heavy atom. The van der Waals surface area contributed by atoms with Gasteiger partial charge in [-0.05, 0) is 61.9 Å². The third-order valence-electron chi connectivity index (χ3n) is 5.28. The number of anilines is 1. The van der Waals surface area contributed by atoms with Crippen LogP contribution in [-0.2, 0) is 22.4 Å². The fraction of sp³-hybridized carbons (Fsp3) is 0.280. The van der Waals surface area contributed by atoms with E-state index in [-0.39, 0.29) is 11.9 Å². The second-order valence-electron chi connectivity index (χ2n) is 7.42. The van der Waals surface area contributed by atoms with Crippen LogP contribution in [-0.4, -0.2) is 24.6 Å². The summed E-state index contributed by atoms with van der Waals surface area (Å²) in [6.07, 6.45) is 2.09. The van der Waals surface area contributed by atoms with Crippen molar-refractivity contribution >= 4 is 28.2 Å². The van der Waals surface area contributed by atoms with E-state index in [0.717, 1.165) is 40.8 Å². The molecule has 1 unspecified atom stereocenters. The van der Waals surface area contributed by atoms with Crippen LogP contribution in [0.1, 0.15) is 41.1 Å². The Morgan fingerprint density at radius 2 is 1.74 bits per heavy atom. The highest BCUT2D eigenvalue weighted by Crippen LogP contribution is 2.39. The van der Waals surface area contributed by atoms with Crippen LogP contribution in [0, 0.1) is 0 Å². The molecular formula is C25H25NO4S. The van der Waals surface area contributed by atoms with Crippen molar-refractivity contribution in [3.05, 3.63) is 70.6 Å². The lowest BCUT2D eigenvalue weighted by atomic mass is 10.1. The molecule has 4 rings (SSSR count). The van der Waals surface area contributed by atoms with Crippen molar-refractivity contribution in [2.24, 2.45) is 0 Å². The molecule has 0 radical (unpaired) electrons. The average Bonchev–Trinajstić information content (AvgIpc) is 3.36. The fourth-order valence-electron chi connectivity index (χ4n) is 3.74. The number of amides is 1. The Morgan fingerprint density at radius 3 is 2.45 bits per heavy atom. The number of ether oxygens (including phenoxy) is 2. The minimum atomic E-state index is -0.713. The van der Waals surface area contributed by atoms with E-state index < -0.39 is 6.10 Å². The molecule has 1 aliphatic rings. The van der Waals surface area contributed by atoms with Gasteiger partial charge in [-0.3, -0.25) is 4.79 Å². The van der Waals surface area contributed by atoms with Gasteiger partial charge in [0.15, 0.2) is 6.10 Å². The van der Waals surface area contributed by atoms with Gasteiger partial charge in [0.25, 0.3) is 5.91 Å². The van der Waals surface area contributed by atoms with Gasteiger partial charge in [-0.2, -0.15) is 0 Å². The molecule has 2 aromatic carbocycles. The zero-order chi connectivity index (χ0) is 21.8. The summed E-state index contributed by atoms with van der Waals surface area (Å²) < 4.78 is 11.1. The van der Waals surface area contributed by atoms with Crippen molar-refractivity contribution in [2.75, 3.05) is 11.9 Å². The molecule has 160 valence electrons. The zero-order valence-electron chi connectivity index (χ0n) is 17.6. The predicted octanol–water partition coefficient (Wildman–Crippen LogP) is 5.49. The Hall–Kier alpha value is -3.12. The number of benzene rings is 2. The van der Waals surface area contributed by atoms with Crippen LogP contribution in [0.5, 0.6) is 5.75 Å². The van der Waals surface area contributed by atoms with E-state index in [1.54, 1.807) is 13.8 Å². The number of nitrogens with one attached hydrogen (secondary N) is 1. The molecule has 1 amide bonds. The molecule has 0 bridgehead atoms. The van der Waals surface area contributed by atoms with Crippen LogP contribution < -0.4 is 10.1 Å². The molecule has 0 saturated carbocycles. The van der Waals surface area contributed by atoms with Gasteiger partial charge in [0.05, 0.1) is 12.2 Å². The van der Waals surface area contributed by atoms with Crippen molar-refractivity contribution in [3.63, 3.8) is 0 Å². The van der Waals surface area contributed by atoms with E-state index in [4.69, 9.17) is 9.47 Å². The fourth-order valence-corrected chi connectivity index (χ4v) is 5.02.